The summed E-state index contributed by atoms with van der Waals surface area (Å²) in [4.78, 5) is 12.2. The average Bonchev–Trinajstić information content (AvgIpc) is 3.13. The number of hydrogen-bond donors (Lipinski definition) is 1. The van der Waals surface area contributed by atoms with E-state index in [0.717, 1.165) is 24.7 Å². The molecule has 3 rings (SSSR count). The lowest BCUT2D eigenvalue weighted by atomic mass is 10.0. The topological polar surface area (TPSA) is 75.7 Å². The summed E-state index contributed by atoms with van der Waals surface area (Å²) >= 11 is 0. The van der Waals surface area contributed by atoms with E-state index in [4.69, 9.17) is 4.74 Å². The molecule has 1 N–H and O–H groups in total. The molecular formula is C21H26N2O4S. The second kappa shape index (κ2) is 8.22. The molecule has 2 aromatic carbocycles. The lowest BCUT2D eigenvalue weighted by molar-refractivity contribution is -0.123. The van der Waals surface area contributed by atoms with E-state index in [1.54, 1.807) is 24.3 Å². The lowest BCUT2D eigenvalue weighted by Gasteiger charge is -2.17. The summed E-state index contributed by atoms with van der Waals surface area (Å²) < 4.78 is 29.8. The molecule has 0 unspecified atom stereocenters. The van der Waals surface area contributed by atoms with Crippen LogP contribution in [0.3, 0.4) is 0 Å². The van der Waals surface area contributed by atoms with E-state index < -0.39 is 10.0 Å². The van der Waals surface area contributed by atoms with Gasteiger partial charge in [-0.25, -0.2) is 8.42 Å². The summed E-state index contributed by atoms with van der Waals surface area (Å²) in [5.74, 6) is 0.302. The lowest BCUT2D eigenvalue weighted by Crippen LogP contribution is -2.31. The number of carbonyl (C=O) groups excluding carboxylic acids is 1. The fraction of sp³-hybridized carbons (Fsp3) is 0.381. The number of rotatable bonds is 7. The van der Waals surface area contributed by atoms with Gasteiger partial charge in [0.2, 0.25) is 10.0 Å². The maximum Gasteiger partial charge on any atom is 0.258 e. The predicted molar refractivity (Wildman–Crippen MR) is 110 cm³/mol. The molecule has 1 atom stereocenters. The number of nitrogens with one attached hydrogen (secondary N) is 1. The summed E-state index contributed by atoms with van der Waals surface area (Å²) in [6, 6.07) is 12.9. The van der Waals surface area contributed by atoms with Crippen LogP contribution in [0.4, 0.5) is 5.69 Å². The van der Waals surface area contributed by atoms with Crippen LogP contribution < -0.4 is 14.4 Å². The maximum absolute atomic E-state index is 12.2. The second-order valence-electron chi connectivity index (χ2n) is 7.18. The van der Waals surface area contributed by atoms with Gasteiger partial charge in [0.15, 0.2) is 6.61 Å². The van der Waals surface area contributed by atoms with Crippen LogP contribution in [0.2, 0.25) is 0 Å². The first-order valence-corrected chi connectivity index (χ1v) is 11.2. The Balaban J connectivity index is 1.52. The van der Waals surface area contributed by atoms with E-state index in [9.17, 15) is 13.2 Å². The van der Waals surface area contributed by atoms with Gasteiger partial charge in [0.25, 0.3) is 5.91 Å². The number of ether oxygens (including phenoxy) is 1. The van der Waals surface area contributed by atoms with Gasteiger partial charge in [-0.05, 0) is 67.1 Å². The van der Waals surface area contributed by atoms with Crippen LogP contribution in [0.5, 0.6) is 5.75 Å². The van der Waals surface area contributed by atoms with Gasteiger partial charge in [-0.3, -0.25) is 9.10 Å². The summed E-state index contributed by atoms with van der Waals surface area (Å²) in [6.45, 7) is 1.86. The van der Waals surface area contributed by atoms with E-state index in [1.807, 2.05) is 6.92 Å². The minimum atomic E-state index is -3.31. The molecule has 0 fully saturated rings. The molecule has 0 bridgehead atoms. The highest BCUT2D eigenvalue weighted by molar-refractivity contribution is 7.92. The van der Waals surface area contributed by atoms with E-state index in [2.05, 4.69) is 23.5 Å². The smallest absolute Gasteiger partial charge is 0.258 e. The molecule has 7 heteroatoms. The number of carbonyl (C=O) groups is 1. The van der Waals surface area contributed by atoms with E-state index in [-0.39, 0.29) is 18.6 Å². The Labute approximate surface area is 166 Å². The van der Waals surface area contributed by atoms with Gasteiger partial charge in [0, 0.05) is 7.05 Å². The van der Waals surface area contributed by atoms with Crippen LogP contribution in [0.15, 0.2) is 42.5 Å². The number of hydrogen-bond acceptors (Lipinski definition) is 4. The van der Waals surface area contributed by atoms with Crippen molar-refractivity contribution in [2.75, 3.05) is 24.2 Å². The fourth-order valence-electron chi connectivity index (χ4n) is 3.32. The monoisotopic (exact) mass is 402 g/mol. The Morgan fingerprint density at radius 3 is 2.50 bits per heavy atom. The quantitative estimate of drug-likeness (QED) is 0.773. The molecule has 1 amide bonds. The zero-order chi connectivity index (χ0) is 20.3. The molecule has 0 saturated carbocycles. The third kappa shape index (κ3) is 4.84. The fourth-order valence-corrected chi connectivity index (χ4v) is 3.82. The van der Waals surface area contributed by atoms with Gasteiger partial charge in [-0.2, -0.15) is 0 Å². The van der Waals surface area contributed by atoms with Gasteiger partial charge in [-0.15, -0.1) is 0 Å². The molecule has 0 heterocycles. The van der Waals surface area contributed by atoms with Crippen molar-refractivity contribution in [3.05, 3.63) is 59.2 Å². The average molecular weight is 403 g/mol. The third-order valence-corrected chi connectivity index (χ3v) is 6.27. The Morgan fingerprint density at radius 1 is 1.14 bits per heavy atom. The number of benzene rings is 2. The molecule has 0 spiro atoms. The Hall–Kier alpha value is -2.54. The zero-order valence-corrected chi connectivity index (χ0v) is 17.3. The van der Waals surface area contributed by atoms with Crippen molar-refractivity contribution in [1.82, 2.24) is 5.32 Å². The highest BCUT2D eigenvalue weighted by Gasteiger charge is 2.15. The first-order valence-electron chi connectivity index (χ1n) is 9.32. The van der Waals surface area contributed by atoms with Crippen LogP contribution in [0, 0.1) is 0 Å². The summed E-state index contributed by atoms with van der Waals surface area (Å²) in [7, 11) is -1.82. The molecule has 0 aromatic heterocycles. The van der Waals surface area contributed by atoms with Crippen LogP contribution in [-0.4, -0.2) is 34.2 Å². The minimum absolute atomic E-state index is 0.0900. The van der Waals surface area contributed by atoms with Gasteiger partial charge in [0.1, 0.15) is 5.75 Å². The van der Waals surface area contributed by atoms with Crippen molar-refractivity contribution in [3.63, 3.8) is 0 Å². The highest BCUT2D eigenvalue weighted by atomic mass is 32.2. The molecule has 2 aromatic rings. The van der Waals surface area contributed by atoms with Crippen molar-refractivity contribution >= 4 is 21.6 Å². The number of fused-ring (bicyclic) bond motifs is 1. The summed E-state index contributed by atoms with van der Waals surface area (Å²) in [5.41, 5.74) is 4.43. The maximum atomic E-state index is 12.2. The predicted octanol–water partition coefficient (Wildman–Crippen LogP) is 2.83. The summed E-state index contributed by atoms with van der Waals surface area (Å²) in [5, 5.41) is 2.96. The Morgan fingerprint density at radius 2 is 1.82 bits per heavy atom. The molecule has 1 aliphatic carbocycles. The number of nitrogens with zero attached hydrogens (tertiary/aromatic N) is 1. The molecule has 150 valence electrons. The van der Waals surface area contributed by atoms with E-state index in [0.29, 0.717) is 11.4 Å². The van der Waals surface area contributed by atoms with Crippen LogP contribution in [0.1, 0.15) is 36.1 Å². The van der Waals surface area contributed by atoms with Crippen LogP contribution in [-0.2, 0) is 27.7 Å². The molecule has 28 heavy (non-hydrogen) atoms. The van der Waals surface area contributed by atoms with Gasteiger partial charge >= 0.3 is 0 Å². The molecule has 0 saturated heterocycles. The number of anilines is 1. The number of amides is 1. The Bertz CT molecular complexity index is 955. The minimum Gasteiger partial charge on any atom is -0.484 e. The van der Waals surface area contributed by atoms with Crippen molar-refractivity contribution in [1.29, 1.82) is 0 Å². The molecule has 1 aliphatic rings. The normalized spacial score (nSPS) is 14.2. The van der Waals surface area contributed by atoms with Gasteiger partial charge in [-0.1, -0.05) is 18.2 Å². The number of aryl methyl sites for hydroxylation is 2. The SMILES string of the molecule is C[C@H](NC(=O)COc1ccc(N(C)S(C)(=O)=O)cc1)c1ccc2c(c1)CCC2. The first kappa shape index (κ1) is 20.2. The Kier molecular flexibility index (Phi) is 5.93. The molecule has 0 radical (unpaired) electrons. The van der Waals surface area contributed by atoms with E-state index in [1.165, 1.54) is 28.9 Å². The van der Waals surface area contributed by atoms with Crippen molar-refractivity contribution in [2.45, 2.75) is 32.2 Å². The van der Waals surface area contributed by atoms with Crippen molar-refractivity contribution in [2.24, 2.45) is 0 Å². The summed E-state index contributed by atoms with van der Waals surface area (Å²) in [6.07, 6.45) is 4.59. The molecule has 6 nitrogen and oxygen atoms in total. The van der Waals surface area contributed by atoms with Gasteiger partial charge in [0.05, 0.1) is 18.0 Å². The highest BCUT2D eigenvalue weighted by Crippen LogP contribution is 2.25. The van der Waals surface area contributed by atoms with Crippen molar-refractivity contribution in [3.8, 4) is 5.75 Å². The van der Waals surface area contributed by atoms with E-state index >= 15 is 0 Å². The largest absolute Gasteiger partial charge is 0.484 e. The molecular weight excluding hydrogens is 376 g/mol. The first-order chi connectivity index (χ1) is 13.2. The zero-order valence-electron chi connectivity index (χ0n) is 16.4. The molecule has 0 aliphatic heterocycles. The number of sulfonamides is 1. The van der Waals surface area contributed by atoms with Crippen molar-refractivity contribution < 1.29 is 17.9 Å². The van der Waals surface area contributed by atoms with Gasteiger partial charge < -0.3 is 10.1 Å². The standard InChI is InChI=1S/C21H26N2O4S/c1-15(17-8-7-16-5-4-6-18(16)13-17)22-21(24)14-27-20-11-9-19(10-12-20)23(2)28(3,25)26/h7-13,15H,4-6,14H2,1-3H3,(H,22,24)/t15-/m0/s1. The third-order valence-electron chi connectivity index (χ3n) is 5.07. The van der Waals surface area contributed by atoms with Crippen LogP contribution >= 0.6 is 0 Å². The second-order valence-corrected chi connectivity index (χ2v) is 9.20. The van der Waals surface area contributed by atoms with Crippen LogP contribution in [0.25, 0.3) is 0 Å².